The Morgan fingerprint density at radius 1 is 1.29 bits per heavy atom. The molecule has 1 aromatic rings. The molecule has 1 aromatic carbocycles. The van der Waals surface area contributed by atoms with Crippen molar-refractivity contribution in [2.45, 2.75) is 64.2 Å². The van der Waals surface area contributed by atoms with E-state index in [-0.39, 0.29) is 12.2 Å². The van der Waals surface area contributed by atoms with Gasteiger partial charge in [-0.1, -0.05) is 37.3 Å². The Balaban J connectivity index is 1.62. The summed E-state index contributed by atoms with van der Waals surface area (Å²) in [5.41, 5.74) is 1.31. The van der Waals surface area contributed by atoms with Crippen LogP contribution in [0.2, 0.25) is 0 Å². The lowest BCUT2D eigenvalue weighted by Crippen LogP contribution is -2.43. The lowest BCUT2D eigenvalue weighted by atomic mass is 10.0. The zero-order chi connectivity index (χ0) is 14.8. The summed E-state index contributed by atoms with van der Waals surface area (Å²) in [6.45, 7) is 4.39. The van der Waals surface area contributed by atoms with Crippen molar-refractivity contribution in [1.29, 1.82) is 0 Å². The number of hydrogen-bond acceptors (Lipinski definition) is 2. The molecule has 1 amide bonds. The van der Waals surface area contributed by atoms with Crippen LogP contribution >= 0.6 is 0 Å². The van der Waals surface area contributed by atoms with E-state index in [2.05, 4.69) is 48.3 Å². The number of hydrogen-bond donors (Lipinski definition) is 1. The second kappa shape index (κ2) is 6.18. The maximum absolute atomic E-state index is 12.7. The summed E-state index contributed by atoms with van der Waals surface area (Å²) in [7, 11) is 0. The average Bonchev–Trinajstić information content (AvgIpc) is 3.30. The van der Waals surface area contributed by atoms with Gasteiger partial charge in [0.15, 0.2) is 0 Å². The number of aryl methyl sites for hydroxylation is 1. The van der Waals surface area contributed by atoms with Crippen LogP contribution in [-0.2, 0) is 11.2 Å². The van der Waals surface area contributed by atoms with Crippen molar-refractivity contribution in [3.63, 3.8) is 0 Å². The highest BCUT2D eigenvalue weighted by Crippen LogP contribution is 2.37. The number of carbonyl (C=O) groups is 1. The van der Waals surface area contributed by atoms with Gasteiger partial charge in [0.1, 0.15) is 0 Å². The first kappa shape index (κ1) is 14.6. The molecule has 1 N–H and O–H groups in total. The topological polar surface area (TPSA) is 32.3 Å². The Morgan fingerprint density at radius 3 is 2.62 bits per heavy atom. The maximum atomic E-state index is 12.7. The summed E-state index contributed by atoms with van der Waals surface area (Å²) in [6, 6.07) is 10.8. The van der Waals surface area contributed by atoms with Crippen molar-refractivity contribution in [2.24, 2.45) is 5.92 Å². The third-order valence-corrected chi connectivity index (χ3v) is 4.98. The second-order valence-corrected chi connectivity index (χ2v) is 6.49. The van der Waals surface area contributed by atoms with Crippen molar-refractivity contribution in [3.05, 3.63) is 35.9 Å². The van der Waals surface area contributed by atoms with Crippen molar-refractivity contribution in [2.75, 3.05) is 0 Å². The second-order valence-electron chi connectivity index (χ2n) is 6.49. The van der Waals surface area contributed by atoms with Crippen molar-refractivity contribution in [3.8, 4) is 0 Å². The number of carbonyl (C=O) groups excluding carboxylic acids is 1. The van der Waals surface area contributed by atoms with E-state index in [4.69, 9.17) is 0 Å². The van der Waals surface area contributed by atoms with Crippen LogP contribution in [0.4, 0.5) is 0 Å². The quantitative estimate of drug-likeness (QED) is 0.872. The standard InChI is InChI=1S/C18H26N2O/c1-3-17-19-16(12-9-14-7-5-4-6-8-14)18(21)20(17)13(2)15-10-11-15/h4-8,13,15-17,19H,3,9-12H2,1-2H3. The highest BCUT2D eigenvalue weighted by Gasteiger charge is 2.44. The van der Waals surface area contributed by atoms with Gasteiger partial charge in [0, 0.05) is 6.04 Å². The molecule has 1 saturated heterocycles. The number of benzene rings is 1. The molecule has 3 unspecified atom stereocenters. The van der Waals surface area contributed by atoms with Crippen LogP contribution in [0.5, 0.6) is 0 Å². The van der Waals surface area contributed by atoms with E-state index in [0.717, 1.165) is 25.2 Å². The fourth-order valence-electron chi connectivity index (χ4n) is 3.48. The predicted molar refractivity (Wildman–Crippen MR) is 84.8 cm³/mol. The predicted octanol–water partition coefficient (Wildman–Crippen LogP) is 2.95. The molecule has 2 aliphatic rings. The van der Waals surface area contributed by atoms with E-state index >= 15 is 0 Å². The Labute approximate surface area is 127 Å². The molecule has 1 aliphatic carbocycles. The summed E-state index contributed by atoms with van der Waals surface area (Å²) in [5.74, 6) is 1.05. The van der Waals surface area contributed by atoms with Gasteiger partial charge in [0.2, 0.25) is 5.91 Å². The van der Waals surface area contributed by atoms with Crippen LogP contribution in [0, 0.1) is 5.92 Å². The zero-order valence-electron chi connectivity index (χ0n) is 13.1. The summed E-state index contributed by atoms with van der Waals surface area (Å²) >= 11 is 0. The molecule has 21 heavy (non-hydrogen) atoms. The Hall–Kier alpha value is -1.35. The minimum absolute atomic E-state index is 0.00337. The van der Waals surface area contributed by atoms with E-state index in [9.17, 15) is 4.79 Å². The minimum Gasteiger partial charge on any atom is -0.323 e. The fourth-order valence-corrected chi connectivity index (χ4v) is 3.48. The van der Waals surface area contributed by atoms with Crippen LogP contribution in [0.1, 0.15) is 45.1 Å². The van der Waals surface area contributed by atoms with Crippen LogP contribution < -0.4 is 5.32 Å². The first-order chi connectivity index (χ1) is 10.2. The smallest absolute Gasteiger partial charge is 0.241 e. The molecule has 0 aromatic heterocycles. The van der Waals surface area contributed by atoms with E-state index in [1.165, 1.54) is 18.4 Å². The molecule has 1 saturated carbocycles. The molecule has 2 fully saturated rings. The molecular weight excluding hydrogens is 260 g/mol. The van der Waals surface area contributed by atoms with E-state index in [1.54, 1.807) is 0 Å². The Kier molecular flexibility index (Phi) is 4.29. The van der Waals surface area contributed by atoms with Gasteiger partial charge in [-0.3, -0.25) is 10.1 Å². The summed E-state index contributed by atoms with van der Waals surface area (Å²) in [4.78, 5) is 14.9. The first-order valence-corrected chi connectivity index (χ1v) is 8.33. The van der Waals surface area contributed by atoms with Crippen LogP contribution in [0.15, 0.2) is 30.3 Å². The highest BCUT2D eigenvalue weighted by atomic mass is 16.2. The van der Waals surface area contributed by atoms with Crippen molar-refractivity contribution < 1.29 is 4.79 Å². The largest absolute Gasteiger partial charge is 0.323 e. The number of nitrogens with one attached hydrogen (secondary N) is 1. The summed E-state index contributed by atoms with van der Waals surface area (Å²) < 4.78 is 0. The van der Waals surface area contributed by atoms with E-state index in [1.807, 2.05) is 6.07 Å². The zero-order valence-corrected chi connectivity index (χ0v) is 13.1. The molecule has 0 bridgehead atoms. The molecule has 114 valence electrons. The maximum Gasteiger partial charge on any atom is 0.241 e. The number of amides is 1. The van der Waals surface area contributed by atoms with Crippen LogP contribution in [0.25, 0.3) is 0 Å². The van der Waals surface area contributed by atoms with Crippen molar-refractivity contribution >= 4 is 5.91 Å². The van der Waals surface area contributed by atoms with Gasteiger partial charge in [0.05, 0.1) is 12.2 Å². The Morgan fingerprint density at radius 2 is 2.00 bits per heavy atom. The van der Waals surface area contributed by atoms with Crippen molar-refractivity contribution in [1.82, 2.24) is 10.2 Å². The lowest BCUT2D eigenvalue weighted by molar-refractivity contribution is -0.132. The summed E-state index contributed by atoms with van der Waals surface area (Å²) in [5, 5.41) is 3.55. The van der Waals surface area contributed by atoms with Crippen LogP contribution in [-0.4, -0.2) is 29.1 Å². The molecule has 3 atom stereocenters. The SMILES string of the molecule is CCC1NC(CCc2ccccc2)C(=O)N1C(C)C1CC1. The van der Waals surface area contributed by atoms with E-state index < -0.39 is 0 Å². The van der Waals surface area contributed by atoms with Gasteiger partial charge in [-0.05, 0) is 50.5 Å². The fraction of sp³-hybridized carbons (Fsp3) is 0.611. The van der Waals surface area contributed by atoms with Gasteiger partial charge in [-0.2, -0.15) is 0 Å². The van der Waals surface area contributed by atoms with E-state index in [0.29, 0.717) is 11.9 Å². The third kappa shape index (κ3) is 3.13. The normalized spacial score (nSPS) is 27.1. The van der Waals surface area contributed by atoms with Crippen LogP contribution in [0.3, 0.4) is 0 Å². The average molecular weight is 286 g/mol. The van der Waals surface area contributed by atoms with Gasteiger partial charge < -0.3 is 4.90 Å². The van der Waals surface area contributed by atoms with Gasteiger partial charge in [-0.15, -0.1) is 0 Å². The van der Waals surface area contributed by atoms with Gasteiger partial charge in [0.25, 0.3) is 0 Å². The number of nitrogens with zero attached hydrogens (tertiary/aromatic N) is 1. The molecule has 3 heteroatoms. The van der Waals surface area contributed by atoms with Gasteiger partial charge in [-0.25, -0.2) is 0 Å². The molecule has 1 heterocycles. The molecular formula is C18H26N2O. The Bertz CT molecular complexity index is 483. The molecule has 3 rings (SSSR count). The third-order valence-electron chi connectivity index (χ3n) is 4.98. The molecule has 0 radical (unpaired) electrons. The molecule has 1 aliphatic heterocycles. The monoisotopic (exact) mass is 286 g/mol. The molecule has 0 spiro atoms. The lowest BCUT2D eigenvalue weighted by Gasteiger charge is -2.29. The first-order valence-electron chi connectivity index (χ1n) is 8.33. The number of rotatable bonds is 6. The molecule has 3 nitrogen and oxygen atoms in total. The highest BCUT2D eigenvalue weighted by molar-refractivity contribution is 5.84. The minimum atomic E-state index is -0.00337. The van der Waals surface area contributed by atoms with Gasteiger partial charge >= 0.3 is 0 Å². The summed E-state index contributed by atoms with van der Waals surface area (Å²) in [6.07, 6.45) is 5.66.